The first-order valence-corrected chi connectivity index (χ1v) is 9.76. The van der Waals surface area contributed by atoms with Gasteiger partial charge in [-0.15, -0.1) is 0 Å². The summed E-state index contributed by atoms with van der Waals surface area (Å²) < 4.78 is 9.83. The molecule has 156 valence electrons. The molecule has 0 saturated carbocycles. The van der Waals surface area contributed by atoms with Gasteiger partial charge in [-0.2, -0.15) is 9.98 Å². The smallest absolute Gasteiger partial charge is 0.118 e. The average Bonchev–Trinajstić information content (AvgIpc) is 2.87. The molecular weight excluding hydrogens is 384 g/mol. The molecule has 4 aromatic rings. The van der Waals surface area contributed by atoms with Crippen LogP contribution in [0.5, 0.6) is 11.5 Å². The van der Waals surface area contributed by atoms with Crippen molar-refractivity contribution in [2.24, 2.45) is 9.98 Å². The number of ether oxygens (including phenoxy) is 2. The van der Waals surface area contributed by atoms with E-state index in [0.717, 1.165) is 22.9 Å². The van der Waals surface area contributed by atoms with Crippen molar-refractivity contribution in [3.63, 3.8) is 0 Å². The third-order valence-corrected chi connectivity index (χ3v) is 3.83. The van der Waals surface area contributed by atoms with Crippen LogP contribution in [-0.2, 0) is 0 Å². The summed E-state index contributed by atoms with van der Waals surface area (Å²) in [6.07, 6.45) is 0. The Morgan fingerprint density at radius 3 is 1.00 bits per heavy atom. The number of hydrogen-bond donors (Lipinski definition) is 0. The van der Waals surface area contributed by atoms with Crippen molar-refractivity contribution < 1.29 is 9.47 Å². The second-order valence-corrected chi connectivity index (χ2v) is 6.03. The molecule has 0 aromatic heterocycles. The van der Waals surface area contributed by atoms with Crippen LogP contribution in [0.1, 0.15) is 0 Å². The van der Waals surface area contributed by atoms with Crippen LogP contribution in [0.4, 0.5) is 11.4 Å². The molecule has 4 rings (SSSR count). The monoisotopic (exact) mass is 410 g/mol. The van der Waals surface area contributed by atoms with Gasteiger partial charge in [0.2, 0.25) is 0 Å². The van der Waals surface area contributed by atoms with Crippen molar-refractivity contribution in [3.8, 4) is 11.5 Å². The fourth-order valence-corrected chi connectivity index (χ4v) is 2.26. The number of para-hydroxylation sites is 4. The molecule has 0 saturated heterocycles. The number of aliphatic imine (C=N–C) groups is 2. The first-order valence-electron chi connectivity index (χ1n) is 9.76. The summed E-state index contributed by atoms with van der Waals surface area (Å²) in [6.45, 7) is 0. The molecule has 0 heterocycles. The summed E-state index contributed by atoms with van der Waals surface area (Å²) in [4.78, 5) is 8.17. The zero-order valence-electron chi connectivity index (χ0n) is 17.8. The molecule has 0 bridgehead atoms. The van der Waals surface area contributed by atoms with Gasteiger partial charge in [0.1, 0.15) is 17.5 Å². The first-order chi connectivity index (χ1) is 15.3. The van der Waals surface area contributed by atoms with Crippen molar-refractivity contribution in [1.82, 2.24) is 0 Å². The van der Waals surface area contributed by atoms with Crippen LogP contribution in [0, 0.1) is 0 Å². The molecule has 4 aromatic carbocycles. The normalized spacial score (nSPS) is 8.84. The fourth-order valence-electron chi connectivity index (χ4n) is 2.26. The molecule has 31 heavy (non-hydrogen) atoms. The van der Waals surface area contributed by atoms with Gasteiger partial charge in [0.15, 0.2) is 0 Å². The Bertz CT molecular complexity index is 933. The molecule has 0 unspecified atom stereocenters. The van der Waals surface area contributed by atoms with Gasteiger partial charge in [-0.1, -0.05) is 72.8 Å². The van der Waals surface area contributed by atoms with Crippen LogP contribution in [0.15, 0.2) is 131 Å². The minimum Gasteiger partial charge on any atom is -0.497 e. The van der Waals surface area contributed by atoms with Crippen LogP contribution in [0.3, 0.4) is 0 Å². The lowest BCUT2D eigenvalue weighted by Gasteiger charge is -1.93. The van der Waals surface area contributed by atoms with E-state index in [2.05, 4.69) is 16.0 Å². The van der Waals surface area contributed by atoms with Crippen LogP contribution in [-0.4, -0.2) is 20.2 Å². The Labute approximate surface area is 184 Å². The quantitative estimate of drug-likeness (QED) is 0.334. The minimum atomic E-state index is 0.859. The summed E-state index contributed by atoms with van der Waals surface area (Å²) in [5, 5.41) is 0. The number of methoxy groups -OCH3 is 2. The molecular formula is C27H26N2O2. The van der Waals surface area contributed by atoms with Crippen molar-refractivity contribution in [2.75, 3.05) is 14.2 Å². The topological polar surface area (TPSA) is 43.2 Å². The summed E-state index contributed by atoms with van der Waals surface area (Å²) in [5.74, 6) is 1.82. The van der Waals surface area contributed by atoms with Gasteiger partial charge in [-0.05, 0) is 48.5 Å². The number of nitrogens with zero attached hydrogens (tertiary/aromatic N) is 2. The predicted octanol–water partition coefficient (Wildman–Crippen LogP) is 7.21. The van der Waals surface area contributed by atoms with Gasteiger partial charge < -0.3 is 9.47 Å². The van der Waals surface area contributed by atoms with E-state index < -0.39 is 0 Å². The third-order valence-electron chi connectivity index (χ3n) is 3.83. The second kappa shape index (κ2) is 14.8. The number of benzene rings is 4. The summed E-state index contributed by atoms with van der Waals surface area (Å²) >= 11 is 0. The summed E-state index contributed by atoms with van der Waals surface area (Å²) in [6, 6.07) is 41.3. The van der Waals surface area contributed by atoms with Gasteiger partial charge in [-0.3, -0.25) is 0 Å². The Morgan fingerprint density at radius 1 is 0.452 bits per heavy atom. The SMILES string of the molecule is C(=Nc1ccccc1)=Nc1ccccc1.COc1ccccc1.COc1ccccc1. The Kier molecular flexibility index (Phi) is 11.0. The van der Waals surface area contributed by atoms with E-state index in [1.54, 1.807) is 14.2 Å². The van der Waals surface area contributed by atoms with E-state index in [0.29, 0.717) is 0 Å². The van der Waals surface area contributed by atoms with E-state index in [4.69, 9.17) is 9.47 Å². The van der Waals surface area contributed by atoms with E-state index in [1.165, 1.54) is 0 Å². The number of rotatable bonds is 4. The van der Waals surface area contributed by atoms with Gasteiger partial charge in [0.25, 0.3) is 0 Å². The van der Waals surface area contributed by atoms with Gasteiger partial charge in [0.05, 0.1) is 25.6 Å². The summed E-state index contributed by atoms with van der Waals surface area (Å²) in [5.41, 5.74) is 1.72. The van der Waals surface area contributed by atoms with E-state index >= 15 is 0 Å². The van der Waals surface area contributed by atoms with Crippen LogP contribution in [0.2, 0.25) is 0 Å². The Hall–Kier alpha value is -4.14. The largest absolute Gasteiger partial charge is 0.497 e. The van der Waals surface area contributed by atoms with Crippen LogP contribution < -0.4 is 9.47 Å². The predicted molar refractivity (Wildman–Crippen MR) is 128 cm³/mol. The molecule has 4 nitrogen and oxygen atoms in total. The van der Waals surface area contributed by atoms with Crippen LogP contribution >= 0.6 is 0 Å². The van der Waals surface area contributed by atoms with Gasteiger partial charge >= 0.3 is 0 Å². The molecule has 0 N–H and O–H groups in total. The minimum absolute atomic E-state index is 0.859. The molecule has 0 spiro atoms. The van der Waals surface area contributed by atoms with E-state index in [1.807, 2.05) is 121 Å². The maximum absolute atomic E-state index is 4.91. The van der Waals surface area contributed by atoms with Crippen molar-refractivity contribution in [2.45, 2.75) is 0 Å². The van der Waals surface area contributed by atoms with Gasteiger partial charge in [-0.25, -0.2) is 0 Å². The average molecular weight is 411 g/mol. The van der Waals surface area contributed by atoms with Crippen molar-refractivity contribution >= 4 is 17.4 Å². The standard InChI is InChI=1S/C13H10N2.2C7H8O/c1-3-7-12(8-4-1)14-11-15-13-9-5-2-6-10-13;2*1-8-7-5-3-2-4-6-7/h1-10H;2*2-6H,1H3. The Balaban J connectivity index is 0.000000181. The maximum atomic E-state index is 4.91. The molecule has 4 heteroatoms. The lowest BCUT2D eigenvalue weighted by Crippen LogP contribution is -1.78. The molecule has 0 radical (unpaired) electrons. The van der Waals surface area contributed by atoms with E-state index in [9.17, 15) is 0 Å². The lowest BCUT2D eigenvalue weighted by atomic mass is 10.3. The van der Waals surface area contributed by atoms with E-state index in [-0.39, 0.29) is 0 Å². The highest BCUT2D eigenvalue weighted by Gasteiger charge is 1.83. The molecule has 0 atom stereocenters. The van der Waals surface area contributed by atoms with Crippen molar-refractivity contribution in [1.29, 1.82) is 0 Å². The molecule has 0 amide bonds. The van der Waals surface area contributed by atoms with Crippen molar-refractivity contribution in [3.05, 3.63) is 121 Å². The fraction of sp³-hybridized carbons (Fsp3) is 0.0741. The third kappa shape index (κ3) is 10.3. The highest BCUT2D eigenvalue weighted by atomic mass is 16.5. The van der Waals surface area contributed by atoms with Gasteiger partial charge in [0, 0.05) is 0 Å². The highest BCUT2D eigenvalue weighted by molar-refractivity contribution is 5.57. The lowest BCUT2D eigenvalue weighted by molar-refractivity contribution is 0.414. The zero-order chi connectivity index (χ0) is 22.0. The second-order valence-electron chi connectivity index (χ2n) is 6.03. The molecule has 0 fully saturated rings. The maximum Gasteiger partial charge on any atom is 0.118 e. The zero-order valence-corrected chi connectivity index (χ0v) is 17.8. The number of hydrogen-bond acceptors (Lipinski definition) is 4. The Morgan fingerprint density at radius 2 is 0.742 bits per heavy atom. The molecule has 0 aliphatic carbocycles. The first kappa shape index (κ1) is 23.1. The molecule has 0 aliphatic heterocycles. The van der Waals surface area contributed by atoms with Crippen LogP contribution in [0.25, 0.3) is 0 Å². The molecule has 0 aliphatic rings. The summed E-state index contributed by atoms with van der Waals surface area (Å²) in [7, 11) is 3.32. The highest BCUT2D eigenvalue weighted by Crippen LogP contribution is 2.10.